The molecule has 1 saturated carbocycles. The zero-order valence-corrected chi connectivity index (χ0v) is 41.8. The highest BCUT2D eigenvalue weighted by Crippen LogP contribution is 2.39. The summed E-state index contributed by atoms with van der Waals surface area (Å²) in [5.41, 5.74) is 3.01. The summed E-state index contributed by atoms with van der Waals surface area (Å²) < 4.78 is 24.5. The second-order valence-corrected chi connectivity index (χ2v) is 20.7. The molecule has 2 unspecified atom stereocenters. The quantitative estimate of drug-likeness (QED) is 0.0846. The Kier molecular flexibility index (Phi) is 20.1. The molecular weight excluding hydrogens is 871 g/mol. The molecule has 2 saturated heterocycles. The number of ketones is 3. The lowest BCUT2D eigenvalue weighted by atomic mass is 9.78. The van der Waals surface area contributed by atoms with E-state index in [9.17, 15) is 44.4 Å². The molecule has 0 aromatic heterocycles. The lowest BCUT2D eigenvalue weighted by Gasteiger charge is -2.47. The van der Waals surface area contributed by atoms with Crippen LogP contribution in [0, 0.1) is 41.4 Å². The molecule has 1 aromatic rings. The standard InChI is InChI=1S/C54H79NO13/c1-31(2)48(60)39-19-16-37(17-20-39)13-12-14-40-24-32(3)23-33(4)25-46(65-8)50-47(66-9)27-35(6)54(64,68-50)51(61)52(62)55-22-11-10-15-42(55)53(63)67-49(36(7)44(58)29-45(40)59)34(5)26-38-18-21-43(57)41(28-38)30-56/h12-13,16-17,19-20,24,26,31,33,35-36,38,40-44,46-47,49-50,56-58,64H,10-11,14-15,18,21-23,25,27-30H2,1-9H3/b13-12+,32-24+,34-26+/t33-,35+,36+,38-,40?,41-,42?,43+,44-,46-,47-,49+,50+,54+/m0/s1. The van der Waals surface area contributed by atoms with Crippen LogP contribution in [-0.2, 0) is 38.1 Å². The molecule has 0 spiro atoms. The molecule has 14 nitrogen and oxygen atoms in total. The number of cyclic esters (lactones) is 1. The van der Waals surface area contributed by atoms with Crippen LogP contribution in [0.2, 0.25) is 0 Å². The highest BCUT2D eigenvalue weighted by atomic mass is 16.7. The lowest BCUT2D eigenvalue weighted by Crippen LogP contribution is -2.64. The summed E-state index contributed by atoms with van der Waals surface area (Å²) in [5.74, 6) is -8.65. The average Bonchev–Trinajstić information content (AvgIpc) is 3.32. The first-order valence-corrected chi connectivity index (χ1v) is 24.9. The van der Waals surface area contributed by atoms with Crippen molar-refractivity contribution in [2.45, 2.75) is 168 Å². The molecule has 1 aliphatic carbocycles. The number of carbonyl (C=O) groups excluding carboxylic acids is 5. The number of benzene rings is 1. The van der Waals surface area contributed by atoms with Crippen LogP contribution in [0.15, 0.2) is 53.6 Å². The second kappa shape index (κ2) is 24.8. The Labute approximate surface area is 403 Å². The van der Waals surface area contributed by atoms with Crippen LogP contribution in [0.3, 0.4) is 0 Å². The molecule has 3 aliphatic heterocycles. The number of aliphatic hydroxyl groups is 4. The normalized spacial score (nSPS) is 36.4. The molecule has 4 aliphatic rings. The van der Waals surface area contributed by atoms with E-state index in [2.05, 4.69) is 0 Å². The molecule has 1 aromatic carbocycles. The van der Waals surface area contributed by atoms with Crippen LogP contribution in [0.25, 0.3) is 6.08 Å². The van der Waals surface area contributed by atoms with Gasteiger partial charge in [-0.2, -0.15) is 0 Å². The summed E-state index contributed by atoms with van der Waals surface area (Å²) in [6.45, 7) is 12.7. The number of rotatable bonds is 10. The van der Waals surface area contributed by atoms with Gasteiger partial charge in [0.15, 0.2) is 5.78 Å². The van der Waals surface area contributed by atoms with Gasteiger partial charge in [0.25, 0.3) is 11.7 Å². The van der Waals surface area contributed by atoms with Crippen molar-refractivity contribution in [3.05, 3.63) is 64.8 Å². The monoisotopic (exact) mass is 950 g/mol. The third-order valence-corrected chi connectivity index (χ3v) is 15.0. The number of piperidine rings is 1. The number of carbonyl (C=O) groups is 5. The van der Waals surface area contributed by atoms with Crippen LogP contribution in [-0.4, -0.2) is 130 Å². The van der Waals surface area contributed by atoms with Crippen molar-refractivity contribution in [3.8, 4) is 0 Å². The Morgan fingerprint density at radius 3 is 2.25 bits per heavy atom. The van der Waals surface area contributed by atoms with Crippen molar-refractivity contribution in [3.63, 3.8) is 0 Å². The van der Waals surface area contributed by atoms with Crippen molar-refractivity contribution < 1.29 is 63.3 Å². The smallest absolute Gasteiger partial charge is 0.329 e. The first kappa shape index (κ1) is 55.0. The first-order valence-electron chi connectivity index (χ1n) is 24.9. The van der Waals surface area contributed by atoms with Gasteiger partial charge in [0.05, 0.1) is 24.4 Å². The number of hydrogen-bond donors (Lipinski definition) is 4. The Morgan fingerprint density at radius 2 is 1.60 bits per heavy atom. The summed E-state index contributed by atoms with van der Waals surface area (Å²) in [4.78, 5) is 71.5. The fourth-order valence-electron chi connectivity index (χ4n) is 10.8. The van der Waals surface area contributed by atoms with E-state index in [-0.39, 0.29) is 67.7 Å². The Balaban J connectivity index is 1.55. The van der Waals surface area contributed by atoms with E-state index < -0.39 is 83.9 Å². The molecule has 68 heavy (non-hydrogen) atoms. The fourth-order valence-corrected chi connectivity index (χ4v) is 10.8. The van der Waals surface area contributed by atoms with Gasteiger partial charge in [-0.05, 0) is 101 Å². The summed E-state index contributed by atoms with van der Waals surface area (Å²) >= 11 is 0. The fraction of sp³-hybridized carbons (Fsp3) is 0.685. The molecule has 0 radical (unpaired) electrons. The average molecular weight is 950 g/mol. The maximum absolute atomic E-state index is 14.5. The number of hydrogen-bond acceptors (Lipinski definition) is 13. The second-order valence-electron chi connectivity index (χ2n) is 20.7. The van der Waals surface area contributed by atoms with Crippen LogP contribution in [0.4, 0.5) is 0 Å². The summed E-state index contributed by atoms with van der Waals surface area (Å²) in [7, 11) is 3.04. The van der Waals surface area contributed by atoms with E-state index in [4.69, 9.17) is 18.9 Å². The highest BCUT2D eigenvalue weighted by Gasteiger charge is 2.56. The number of ether oxygens (including phenoxy) is 4. The van der Waals surface area contributed by atoms with Crippen LogP contribution < -0.4 is 0 Å². The molecule has 1 amide bonds. The SMILES string of the molecule is CO[C@H]1C[C@@H](C)C/C(C)=C/C(C/C=C/c2ccc(C(=O)C(C)C)cc2)C(=O)C[C@H](O)[C@@H](C)[C@@H](/C(C)=C/[C@@H]2CC[C@@H](O)[C@H](CO)C2)OC(=O)C2CCCCN2C(=O)C(=O)[C@]2(O)O[C@H]1[C@@H](OC)C[C@H]2C. The molecule has 3 heterocycles. The van der Waals surface area contributed by atoms with Crippen LogP contribution in [0.5, 0.6) is 0 Å². The summed E-state index contributed by atoms with van der Waals surface area (Å²) in [5, 5.41) is 44.6. The maximum atomic E-state index is 14.5. The van der Waals surface area contributed by atoms with E-state index in [1.807, 2.05) is 64.1 Å². The first-order chi connectivity index (χ1) is 32.2. The molecule has 378 valence electrons. The number of allylic oxidation sites excluding steroid dienone is 4. The topological polar surface area (TPSA) is 206 Å². The summed E-state index contributed by atoms with van der Waals surface area (Å²) in [6, 6.07) is 6.14. The minimum Gasteiger partial charge on any atom is -0.456 e. The zero-order valence-electron chi connectivity index (χ0n) is 41.8. The van der Waals surface area contributed by atoms with Crippen molar-refractivity contribution in [2.75, 3.05) is 27.4 Å². The number of aliphatic hydroxyl groups excluding tert-OH is 3. The third kappa shape index (κ3) is 13.5. The molecule has 4 N–H and O–H groups in total. The number of methoxy groups -OCH3 is 2. The van der Waals surface area contributed by atoms with Crippen molar-refractivity contribution in [1.82, 2.24) is 4.90 Å². The summed E-state index contributed by atoms with van der Waals surface area (Å²) in [6.07, 6.45) is 6.60. The Morgan fingerprint density at radius 1 is 0.926 bits per heavy atom. The van der Waals surface area contributed by atoms with Crippen molar-refractivity contribution in [1.29, 1.82) is 0 Å². The minimum absolute atomic E-state index is 0.0481. The van der Waals surface area contributed by atoms with Gasteiger partial charge in [-0.25, -0.2) is 4.79 Å². The minimum atomic E-state index is -2.55. The van der Waals surface area contributed by atoms with Gasteiger partial charge in [-0.1, -0.05) is 88.8 Å². The van der Waals surface area contributed by atoms with Gasteiger partial charge in [0, 0.05) is 68.9 Å². The number of esters is 1. The molecule has 14 atom stereocenters. The predicted octanol–water partition coefficient (Wildman–Crippen LogP) is 6.60. The van der Waals surface area contributed by atoms with E-state index in [1.54, 1.807) is 32.9 Å². The van der Waals surface area contributed by atoms with Crippen molar-refractivity contribution >= 4 is 35.3 Å². The van der Waals surface area contributed by atoms with E-state index >= 15 is 0 Å². The number of amides is 1. The van der Waals surface area contributed by atoms with E-state index in [1.165, 1.54) is 19.1 Å². The number of Topliss-reactive ketones (excluding diaryl/α,β-unsaturated/α-hetero) is 3. The molecule has 14 heteroatoms. The Hall–Kier alpha value is -3.89. The van der Waals surface area contributed by atoms with Gasteiger partial charge < -0.3 is 44.3 Å². The van der Waals surface area contributed by atoms with Gasteiger partial charge in [0.2, 0.25) is 5.79 Å². The largest absolute Gasteiger partial charge is 0.456 e. The van der Waals surface area contributed by atoms with Gasteiger partial charge in [-0.15, -0.1) is 0 Å². The lowest BCUT2D eigenvalue weighted by molar-refractivity contribution is -0.302. The predicted molar refractivity (Wildman–Crippen MR) is 257 cm³/mol. The maximum Gasteiger partial charge on any atom is 0.329 e. The highest BCUT2D eigenvalue weighted by molar-refractivity contribution is 6.39. The van der Waals surface area contributed by atoms with Gasteiger partial charge in [0.1, 0.15) is 24.0 Å². The third-order valence-electron chi connectivity index (χ3n) is 15.0. The molecule has 5 rings (SSSR count). The van der Waals surface area contributed by atoms with E-state index in [0.717, 1.165) is 11.1 Å². The Bertz CT molecular complexity index is 1990. The van der Waals surface area contributed by atoms with Crippen LogP contribution in [0.1, 0.15) is 135 Å². The van der Waals surface area contributed by atoms with Gasteiger partial charge in [-0.3, -0.25) is 19.2 Å². The number of fused-ring (bicyclic) bond motifs is 3. The van der Waals surface area contributed by atoms with Gasteiger partial charge >= 0.3 is 5.97 Å². The van der Waals surface area contributed by atoms with E-state index in [0.29, 0.717) is 62.5 Å². The number of nitrogens with zero attached hydrogens (tertiary/aromatic N) is 1. The van der Waals surface area contributed by atoms with Crippen molar-refractivity contribution in [2.24, 2.45) is 41.4 Å². The molecular formula is C54H79NO13. The molecule has 3 fully saturated rings. The molecule has 2 bridgehead atoms. The van der Waals surface area contributed by atoms with Crippen LogP contribution >= 0.6 is 0 Å². The zero-order chi connectivity index (χ0) is 50.0.